The number of carbonyl (C=O) groups excluding carboxylic acids is 1. The van der Waals surface area contributed by atoms with Crippen molar-refractivity contribution in [1.82, 2.24) is 10.3 Å². The van der Waals surface area contributed by atoms with Gasteiger partial charge in [-0.2, -0.15) is 0 Å². The van der Waals surface area contributed by atoms with Crippen LogP contribution in [0.25, 0.3) is 0 Å². The summed E-state index contributed by atoms with van der Waals surface area (Å²) in [6.07, 6.45) is 4.71. The summed E-state index contributed by atoms with van der Waals surface area (Å²) in [5.74, 6) is 1.80. The number of rotatable bonds is 6. The standard InChI is InChI=1S/C18H23N3O3/c1-14-13-21(8-10-23-14)17-6-4-15(11-19-17)12-20-18(22)7-5-16-3-2-9-24-16/h2-4,6,9,11,14H,5,7-8,10,12-13H2,1H3,(H,20,22)/t14-/m0/s1. The van der Waals surface area contributed by atoms with Gasteiger partial charge in [0.05, 0.1) is 19.0 Å². The van der Waals surface area contributed by atoms with Crippen LogP contribution in [0.15, 0.2) is 41.1 Å². The zero-order chi connectivity index (χ0) is 16.8. The maximum atomic E-state index is 11.9. The number of hydrogen-bond acceptors (Lipinski definition) is 5. The Morgan fingerprint density at radius 3 is 3.04 bits per heavy atom. The number of hydrogen-bond donors (Lipinski definition) is 1. The van der Waals surface area contributed by atoms with E-state index in [1.807, 2.05) is 30.5 Å². The highest BCUT2D eigenvalue weighted by atomic mass is 16.5. The smallest absolute Gasteiger partial charge is 0.220 e. The van der Waals surface area contributed by atoms with Crippen LogP contribution in [0.1, 0.15) is 24.7 Å². The molecule has 24 heavy (non-hydrogen) atoms. The van der Waals surface area contributed by atoms with Crippen molar-refractivity contribution in [2.45, 2.75) is 32.4 Å². The quantitative estimate of drug-likeness (QED) is 0.879. The van der Waals surface area contributed by atoms with Gasteiger partial charge in [-0.15, -0.1) is 0 Å². The molecule has 2 aromatic rings. The van der Waals surface area contributed by atoms with E-state index in [4.69, 9.17) is 9.15 Å². The van der Waals surface area contributed by atoms with Gasteiger partial charge in [0.15, 0.2) is 0 Å². The van der Waals surface area contributed by atoms with Crippen molar-refractivity contribution < 1.29 is 13.9 Å². The number of nitrogens with one attached hydrogen (secondary N) is 1. The first-order valence-electron chi connectivity index (χ1n) is 8.31. The summed E-state index contributed by atoms with van der Waals surface area (Å²) >= 11 is 0. The predicted molar refractivity (Wildman–Crippen MR) is 90.7 cm³/mol. The Labute approximate surface area is 141 Å². The molecule has 1 aliphatic rings. The molecule has 1 atom stereocenters. The largest absolute Gasteiger partial charge is 0.469 e. The van der Waals surface area contributed by atoms with Crippen molar-refractivity contribution in [2.75, 3.05) is 24.6 Å². The fraction of sp³-hybridized carbons (Fsp3) is 0.444. The van der Waals surface area contributed by atoms with Crippen molar-refractivity contribution in [2.24, 2.45) is 0 Å². The van der Waals surface area contributed by atoms with Gasteiger partial charge >= 0.3 is 0 Å². The summed E-state index contributed by atoms with van der Waals surface area (Å²) < 4.78 is 10.8. The molecule has 0 bridgehead atoms. The normalized spacial score (nSPS) is 17.7. The second-order valence-corrected chi connectivity index (χ2v) is 6.01. The molecule has 0 unspecified atom stereocenters. The Morgan fingerprint density at radius 2 is 2.33 bits per heavy atom. The minimum atomic E-state index is 0.0116. The van der Waals surface area contributed by atoms with Crippen LogP contribution in [0.5, 0.6) is 0 Å². The van der Waals surface area contributed by atoms with Gasteiger partial charge in [-0.25, -0.2) is 4.98 Å². The second-order valence-electron chi connectivity index (χ2n) is 6.01. The van der Waals surface area contributed by atoms with Crippen molar-refractivity contribution in [3.63, 3.8) is 0 Å². The van der Waals surface area contributed by atoms with Crippen LogP contribution in [-0.2, 0) is 22.5 Å². The van der Waals surface area contributed by atoms with E-state index in [1.165, 1.54) is 0 Å². The number of ether oxygens (including phenoxy) is 1. The van der Waals surface area contributed by atoms with Gasteiger partial charge in [-0.05, 0) is 30.7 Å². The molecule has 0 saturated carbocycles. The van der Waals surface area contributed by atoms with Gasteiger partial charge in [0, 0.05) is 38.7 Å². The Balaban J connectivity index is 1.44. The van der Waals surface area contributed by atoms with Gasteiger partial charge in [0.2, 0.25) is 5.91 Å². The number of amides is 1. The maximum Gasteiger partial charge on any atom is 0.220 e. The van der Waals surface area contributed by atoms with E-state index in [-0.39, 0.29) is 12.0 Å². The van der Waals surface area contributed by atoms with Crippen LogP contribution in [0, 0.1) is 0 Å². The molecule has 1 N–H and O–H groups in total. The molecule has 1 fully saturated rings. The van der Waals surface area contributed by atoms with Crippen LogP contribution >= 0.6 is 0 Å². The lowest BCUT2D eigenvalue weighted by atomic mass is 10.2. The molecule has 0 aliphatic carbocycles. The van der Waals surface area contributed by atoms with E-state index in [2.05, 4.69) is 22.1 Å². The SMILES string of the molecule is C[C@H]1CN(c2ccc(CNC(=O)CCc3ccco3)cn2)CCO1. The van der Waals surface area contributed by atoms with Gasteiger partial charge in [-0.1, -0.05) is 6.07 Å². The van der Waals surface area contributed by atoms with E-state index in [0.717, 1.165) is 36.8 Å². The minimum absolute atomic E-state index is 0.0116. The number of aromatic nitrogens is 1. The van der Waals surface area contributed by atoms with Gasteiger partial charge in [0.25, 0.3) is 0 Å². The summed E-state index contributed by atoms with van der Waals surface area (Å²) in [6.45, 7) is 5.01. The maximum absolute atomic E-state index is 11.9. The monoisotopic (exact) mass is 329 g/mol. The number of carbonyl (C=O) groups is 1. The average molecular weight is 329 g/mol. The van der Waals surface area contributed by atoms with Crippen LogP contribution in [-0.4, -0.2) is 36.7 Å². The Hall–Kier alpha value is -2.34. The van der Waals surface area contributed by atoms with E-state index in [1.54, 1.807) is 6.26 Å². The van der Waals surface area contributed by atoms with Gasteiger partial charge < -0.3 is 19.4 Å². The lowest BCUT2D eigenvalue weighted by Gasteiger charge is -2.32. The fourth-order valence-corrected chi connectivity index (χ4v) is 2.72. The van der Waals surface area contributed by atoms with E-state index >= 15 is 0 Å². The van der Waals surface area contributed by atoms with E-state index in [9.17, 15) is 4.79 Å². The summed E-state index contributed by atoms with van der Waals surface area (Å²) in [7, 11) is 0. The highest BCUT2D eigenvalue weighted by Crippen LogP contribution is 2.15. The topological polar surface area (TPSA) is 67.6 Å². The van der Waals surface area contributed by atoms with Crippen molar-refractivity contribution in [3.8, 4) is 0 Å². The first-order chi connectivity index (χ1) is 11.7. The molecular weight excluding hydrogens is 306 g/mol. The van der Waals surface area contributed by atoms with Gasteiger partial charge in [0.1, 0.15) is 11.6 Å². The number of pyridine rings is 1. The molecule has 6 heteroatoms. The Morgan fingerprint density at radius 1 is 1.42 bits per heavy atom. The third-order valence-electron chi connectivity index (χ3n) is 4.04. The summed E-state index contributed by atoms with van der Waals surface area (Å²) in [6, 6.07) is 7.72. The van der Waals surface area contributed by atoms with Crippen molar-refractivity contribution in [1.29, 1.82) is 0 Å². The van der Waals surface area contributed by atoms with Crippen LogP contribution in [0.3, 0.4) is 0 Å². The summed E-state index contributed by atoms with van der Waals surface area (Å²) in [5, 5.41) is 2.91. The highest BCUT2D eigenvalue weighted by Gasteiger charge is 2.17. The molecule has 6 nitrogen and oxygen atoms in total. The number of anilines is 1. The van der Waals surface area contributed by atoms with E-state index < -0.39 is 0 Å². The van der Waals surface area contributed by atoms with Crippen LogP contribution in [0.2, 0.25) is 0 Å². The van der Waals surface area contributed by atoms with E-state index in [0.29, 0.717) is 19.4 Å². The number of furan rings is 1. The lowest BCUT2D eigenvalue weighted by Crippen LogP contribution is -2.41. The molecule has 2 aromatic heterocycles. The number of morpholine rings is 1. The molecule has 3 rings (SSSR count). The lowest BCUT2D eigenvalue weighted by molar-refractivity contribution is -0.121. The molecule has 1 saturated heterocycles. The molecule has 0 aromatic carbocycles. The molecule has 1 aliphatic heterocycles. The number of nitrogens with zero attached hydrogens (tertiary/aromatic N) is 2. The predicted octanol–water partition coefficient (Wildman–Crippen LogP) is 2.15. The Bertz CT molecular complexity index is 640. The van der Waals surface area contributed by atoms with Crippen LogP contribution in [0.4, 0.5) is 5.82 Å². The van der Waals surface area contributed by atoms with Gasteiger partial charge in [-0.3, -0.25) is 4.79 Å². The summed E-state index contributed by atoms with van der Waals surface area (Å²) in [5.41, 5.74) is 0.992. The first-order valence-corrected chi connectivity index (χ1v) is 8.31. The molecule has 3 heterocycles. The van der Waals surface area contributed by atoms with Crippen molar-refractivity contribution in [3.05, 3.63) is 48.0 Å². The first kappa shape index (κ1) is 16.5. The highest BCUT2D eigenvalue weighted by molar-refractivity contribution is 5.76. The zero-order valence-corrected chi connectivity index (χ0v) is 13.9. The Kier molecular flexibility index (Phi) is 5.48. The molecular formula is C18H23N3O3. The average Bonchev–Trinajstić information content (AvgIpc) is 3.12. The molecule has 128 valence electrons. The third kappa shape index (κ3) is 4.58. The molecule has 0 spiro atoms. The summed E-state index contributed by atoms with van der Waals surface area (Å²) in [4.78, 5) is 18.6. The minimum Gasteiger partial charge on any atom is -0.469 e. The number of aryl methyl sites for hydroxylation is 1. The zero-order valence-electron chi connectivity index (χ0n) is 13.9. The molecule has 0 radical (unpaired) electrons. The van der Waals surface area contributed by atoms with Crippen molar-refractivity contribution >= 4 is 11.7 Å². The van der Waals surface area contributed by atoms with Crippen LogP contribution < -0.4 is 10.2 Å². The fourth-order valence-electron chi connectivity index (χ4n) is 2.72. The molecule has 1 amide bonds. The second kappa shape index (κ2) is 7.97. The third-order valence-corrected chi connectivity index (χ3v) is 4.04.